The summed E-state index contributed by atoms with van der Waals surface area (Å²) in [7, 11) is -7.86. The van der Waals surface area contributed by atoms with E-state index in [0.29, 0.717) is 33.9 Å². The predicted octanol–water partition coefficient (Wildman–Crippen LogP) is 9.39. The van der Waals surface area contributed by atoms with Gasteiger partial charge in [-0.1, -0.05) is 91.0 Å². The third-order valence-corrected chi connectivity index (χ3v) is 13.9. The van der Waals surface area contributed by atoms with Crippen molar-refractivity contribution in [2.24, 2.45) is 0 Å². The summed E-state index contributed by atoms with van der Waals surface area (Å²) in [4.78, 5) is 37.1. The van der Waals surface area contributed by atoms with Gasteiger partial charge in [-0.15, -0.1) is 0 Å². The van der Waals surface area contributed by atoms with Crippen molar-refractivity contribution in [3.05, 3.63) is 210 Å². The summed E-state index contributed by atoms with van der Waals surface area (Å²) < 4.78 is 57.2. The van der Waals surface area contributed by atoms with Crippen molar-refractivity contribution in [3.63, 3.8) is 0 Å². The number of rotatable bonds is 15. The molecule has 0 aliphatic rings. The van der Waals surface area contributed by atoms with Crippen molar-refractivity contribution < 1.29 is 31.2 Å². The summed E-state index contributed by atoms with van der Waals surface area (Å²) in [5, 5.41) is 16.1. The average molecular weight is 948 g/mol. The van der Waals surface area contributed by atoms with Gasteiger partial charge in [0.2, 0.25) is 5.91 Å². The molecule has 0 saturated heterocycles. The number of nitrogens with one attached hydrogen (secondary N) is 4. The van der Waals surface area contributed by atoms with Crippen LogP contribution in [0, 0.1) is 0 Å². The standard InChI is InChI=1S/C27H22N4O3S.C25H27N3O4S/c32-27(29-23-15-14-22-18-28-30-26(22)17-23)21-10-7-11-24(16-21)31(19-20-8-3-1-4-9-20)35(33,34)25-12-5-2-6-13-25;1-18(2)26-25(30)21-10-7-11-23(16-21)28(17-20-8-5-4-6-9-20)33(31,32)24-14-12-22(13-15-24)27-19(3)29/h1-18H,19H2,(H,28,30)(H,29,32);4-16,18H,17H2,1-3H3,(H,26,30)(H,27,29). The van der Waals surface area contributed by atoms with Gasteiger partial charge in [0.05, 0.1) is 46.0 Å². The molecule has 0 atom stereocenters. The van der Waals surface area contributed by atoms with E-state index in [2.05, 4.69) is 26.1 Å². The molecule has 14 nitrogen and oxygen atoms in total. The van der Waals surface area contributed by atoms with E-state index in [9.17, 15) is 31.2 Å². The predicted molar refractivity (Wildman–Crippen MR) is 266 cm³/mol. The summed E-state index contributed by atoms with van der Waals surface area (Å²) >= 11 is 0. The molecule has 68 heavy (non-hydrogen) atoms. The smallest absolute Gasteiger partial charge is 0.264 e. The minimum atomic E-state index is -3.97. The van der Waals surface area contributed by atoms with Crippen LogP contribution in [0.15, 0.2) is 198 Å². The largest absolute Gasteiger partial charge is 0.350 e. The van der Waals surface area contributed by atoms with Crippen LogP contribution in [0.5, 0.6) is 0 Å². The molecule has 0 aliphatic carbocycles. The number of anilines is 4. The van der Waals surface area contributed by atoms with Gasteiger partial charge in [0, 0.05) is 40.9 Å². The number of H-pyrrole nitrogens is 1. The molecule has 1 aromatic heterocycles. The van der Waals surface area contributed by atoms with Crippen LogP contribution in [0.4, 0.5) is 22.7 Å². The lowest BCUT2D eigenvalue weighted by molar-refractivity contribution is -0.114. The van der Waals surface area contributed by atoms with Crippen LogP contribution >= 0.6 is 0 Å². The van der Waals surface area contributed by atoms with Crippen molar-refractivity contribution in [3.8, 4) is 0 Å². The highest BCUT2D eigenvalue weighted by Gasteiger charge is 2.28. The number of carbonyl (C=O) groups excluding carboxylic acids is 3. The van der Waals surface area contributed by atoms with Crippen molar-refractivity contribution in [2.45, 2.75) is 49.7 Å². The van der Waals surface area contributed by atoms with Crippen LogP contribution in [0.1, 0.15) is 52.6 Å². The lowest BCUT2D eigenvalue weighted by atomic mass is 10.1. The number of nitrogens with zero attached hydrogens (tertiary/aromatic N) is 3. The van der Waals surface area contributed by atoms with Crippen molar-refractivity contribution >= 4 is 71.4 Å². The molecule has 7 aromatic carbocycles. The van der Waals surface area contributed by atoms with Gasteiger partial charge in [-0.05, 0) is 116 Å². The van der Waals surface area contributed by atoms with Crippen molar-refractivity contribution in [1.29, 1.82) is 0 Å². The Bertz CT molecular complexity index is 3240. The normalized spacial score (nSPS) is 11.2. The summed E-state index contributed by atoms with van der Waals surface area (Å²) in [6.07, 6.45) is 1.71. The van der Waals surface area contributed by atoms with Crippen molar-refractivity contribution in [1.82, 2.24) is 15.5 Å². The Kier molecular flexibility index (Phi) is 15.1. The summed E-state index contributed by atoms with van der Waals surface area (Å²) in [5.41, 5.74) is 5.03. The molecule has 0 unspecified atom stereocenters. The lowest BCUT2D eigenvalue weighted by Gasteiger charge is -2.25. The zero-order valence-corrected chi connectivity index (χ0v) is 39.0. The Morgan fingerprint density at radius 1 is 0.544 bits per heavy atom. The molecule has 0 aliphatic heterocycles. The number of sulfonamides is 2. The Labute approximate surface area is 395 Å². The van der Waals surface area contributed by atoms with Gasteiger partial charge in [0.1, 0.15) is 0 Å². The van der Waals surface area contributed by atoms with Crippen LogP contribution in [-0.4, -0.2) is 50.8 Å². The van der Waals surface area contributed by atoms with Crippen LogP contribution in [0.25, 0.3) is 10.9 Å². The minimum absolute atomic E-state index is 0.0487. The first-order valence-electron chi connectivity index (χ1n) is 21.5. The van der Waals surface area contributed by atoms with E-state index in [4.69, 9.17) is 0 Å². The fraction of sp³-hybridized carbons (Fsp3) is 0.115. The number of hydrogen-bond donors (Lipinski definition) is 4. The Balaban J connectivity index is 0.000000202. The number of aromatic nitrogens is 2. The van der Waals surface area contributed by atoms with Gasteiger partial charge in [-0.2, -0.15) is 5.10 Å². The fourth-order valence-corrected chi connectivity index (χ4v) is 9.97. The fourth-order valence-electron chi connectivity index (χ4n) is 7.06. The van der Waals surface area contributed by atoms with E-state index < -0.39 is 20.0 Å². The van der Waals surface area contributed by atoms with Crippen LogP contribution in [-0.2, 0) is 37.9 Å². The number of carbonyl (C=O) groups is 3. The zero-order chi connectivity index (χ0) is 48.3. The second-order valence-electron chi connectivity index (χ2n) is 15.9. The summed E-state index contributed by atoms with van der Waals surface area (Å²) in [5.74, 6) is -0.862. The number of amides is 3. The van der Waals surface area contributed by atoms with Gasteiger partial charge in [-0.3, -0.25) is 28.1 Å². The van der Waals surface area contributed by atoms with Crippen LogP contribution in [0.3, 0.4) is 0 Å². The molecular weight excluding hydrogens is 899 g/mol. The first-order chi connectivity index (χ1) is 32.7. The molecule has 3 amide bonds. The number of aromatic amines is 1. The molecule has 0 spiro atoms. The van der Waals surface area contributed by atoms with Gasteiger partial charge < -0.3 is 16.0 Å². The maximum absolute atomic E-state index is 13.7. The highest BCUT2D eigenvalue weighted by molar-refractivity contribution is 7.93. The van der Waals surface area contributed by atoms with E-state index in [1.165, 1.54) is 27.7 Å². The minimum Gasteiger partial charge on any atom is -0.350 e. The molecule has 16 heteroatoms. The maximum Gasteiger partial charge on any atom is 0.264 e. The Hall–Kier alpha value is -8.08. The Morgan fingerprint density at radius 2 is 1.03 bits per heavy atom. The second-order valence-corrected chi connectivity index (χ2v) is 19.6. The molecule has 0 radical (unpaired) electrons. The van der Waals surface area contributed by atoms with Gasteiger partial charge >= 0.3 is 0 Å². The first kappa shape index (κ1) is 47.9. The molecule has 8 rings (SSSR count). The van der Waals surface area contributed by atoms with Crippen molar-refractivity contribution in [2.75, 3.05) is 19.2 Å². The molecule has 4 N–H and O–H groups in total. The zero-order valence-electron chi connectivity index (χ0n) is 37.4. The van der Waals surface area contributed by atoms with Crippen LogP contribution < -0.4 is 24.6 Å². The van der Waals surface area contributed by atoms with E-state index in [0.717, 1.165) is 22.0 Å². The van der Waals surface area contributed by atoms with Gasteiger partial charge in [0.25, 0.3) is 31.9 Å². The van der Waals surface area contributed by atoms with Gasteiger partial charge in [-0.25, -0.2) is 16.8 Å². The van der Waals surface area contributed by atoms with E-state index in [-0.39, 0.29) is 46.6 Å². The SMILES string of the molecule is CC(=O)Nc1ccc(S(=O)(=O)N(Cc2ccccc2)c2cccc(C(=O)NC(C)C)c2)cc1.O=C(Nc1ccc2cn[nH]c2c1)c1cccc(N(Cc2ccccc2)S(=O)(=O)c2ccccc2)c1. The highest BCUT2D eigenvalue weighted by atomic mass is 32.2. The van der Waals surface area contributed by atoms with E-state index in [1.54, 1.807) is 109 Å². The molecule has 8 aromatic rings. The van der Waals surface area contributed by atoms with Crippen LogP contribution in [0.2, 0.25) is 0 Å². The number of benzene rings is 7. The topological polar surface area (TPSA) is 191 Å². The second kappa shape index (κ2) is 21.5. The lowest BCUT2D eigenvalue weighted by Crippen LogP contribution is -2.32. The van der Waals surface area contributed by atoms with E-state index in [1.807, 2.05) is 80.6 Å². The molecular formula is C52H49N7O7S2. The van der Waals surface area contributed by atoms with Gasteiger partial charge in [0.15, 0.2) is 0 Å². The third kappa shape index (κ3) is 12.0. The average Bonchev–Trinajstić information content (AvgIpc) is 3.82. The molecule has 1 heterocycles. The summed E-state index contributed by atoms with van der Waals surface area (Å²) in [6, 6.07) is 51.4. The molecule has 0 bridgehead atoms. The molecule has 346 valence electrons. The monoisotopic (exact) mass is 947 g/mol. The quantitative estimate of drug-likeness (QED) is 0.0782. The first-order valence-corrected chi connectivity index (χ1v) is 24.4. The highest BCUT2D eigenvalue weighted by Crippen LogP contribution is 2.30. The van der Waals surface area contributed by atoms with E-state index >= 15 is 0 Å². The summed E-state index contributed by atoms with van der Waals surface area (Å²) in [6.45, 7) is 5.32. The number of fused-ring (bicyclic) bond motifs is 1. The Morgan fingerprint density at radius 3 is 1.54 bits per heavy atom. The maximum atomic E-state index is 13.7. The molecule has 0 fully saturated rings. The number of hydrogen-bond acceptors (Lipinski definition) is 8. The molecule has 0 saturated carbocycles. The third-order valence-electron chi connectivity index (χ3n) is 10.3.